The van der Waals surface area contributed by atoms with Gasteiger partial charge in [0.15, 0.2) is 23.1 Å². The van der Waals surface area contributed by atoms with E-state index in [4.69, 9.17) is 16.5 Å². The maximum atomic E-state index is 12.7. The summed E-state index contributed by atoms with van der Waals surface area (Å²) < 4.78 is 31.1. The zero-order valence-electron chi connectivity index (χ0n) is 59.6. The Labute approximate surface area is 601 Å². The molecule has 0 bridgehead atoms. The van der Waals surface area contributed by atoms with E-state index >= 15 is 0 Å². The number of hydrogen-bond donors (Lipinski definition) is 0. The van der Waals surface area contributed by atoms with Gasteiger partial charge in [-0.1, -0.05) is 320 Å². The van der Waals surface area contributed by atoms with Gasteiger partial charge in [-0.25, -0.2) is 0 Å². The molecule has 0 saturated carbocycles. The zero-order valence-corrected chi connectivity index (χ0v) is 63.6. The number of hydrogen-bond acceptors (Lipinski definition) is 8. The van der Waals surface area contributed by atoms with Gasteiger partial charge in [0.1, 0.15) is 0 Å². The van der Waals surface area contributed by atoms with Gasteiger partial charge in [-0.15, -0.1) is 0 Å². The second-order valence-corrected chi connectivity index (χ2v) is 42.2. The summed E-state index contributed by atoms with van der Waals surface area (Å²) in [6, 6.07) is 75.7. The van der Waals surface area contributed by atoms with Gasteiger partial charge in [0, 0.05) is 22.3 Å². The SMILES string of the molecule is C[Si]1(CCCCCCc2ccc(C=CC(=O)c3ccccc3)cc2)O[Si](C)(CCCCCCc2ccc(C=CC(=O)c3ccccc3)cc2)O[Si](C)(CCCCCCc2ccc(C=CC(=O)c3ccccc3)cc2)O[Si](C)(CCCCCCc2ccc(C=CC(=O)c3ccccc3)cc2)O1. The molecule has 8 nitrogen and oxygen atoms in total. The third-order valence-electron chi connectivity index (χ3n) is 19.0. The summed E-state index contributed by atoms with van der Waals surface area (Å²) in [7, 11) is -11.4. The second-order valence-electron chi connectivity index (χ2n) is 27.8. The third-order valence-corrected chi connectivity index (χ3v) is 37.8. The number of ketones is 4. The molecule has 520 valence electrons. The molecule has 0 atom stereocenters. The van der Waals surface area contributed by atoms with Gasteiger partial charge in [-0.05, 0) is 171 Å². The van der Waals surface area contributed by atoms with E-state index < -0.39 is 34.2 Å². The Morgan fingerprint density at radius 3 is 0.610 bits per heavy atom. The molecule has 9 rings (SSSR count). The molecule has 0 N–H and O–H groups in total. The maximum Gasteiger partial charge on any atom is 0.317 e. The Morgan fingerprint density at radius 2 is 0.420 bits per heavy atom. The first-order valence-electron chi connectivity index (χ1n) is 36.8. The van der Waals surface area contributed by atoms with Gasteiger partial charge in [0.25, 0.3) is 0 Å². The quantitative estimate of drug-likeness (QED) is 0.0162. The average Bonchev–Trinajstić information content (AvgIpc) is 0.768. The summed E-state index contributed by atoms with van der Waals surface area (Å²) in [5, 5.41) is 0. The molecule has 1 fully saturated rings. The molecule has 1 heterocycles. The summed E-state index contributed by atoms with van der Waals surface area (Å²) in [5.74, 6) is 0.0292. The van der Waals surface area contributed by atoms with Crippen molar-refractivity contribution < 1.29 is 35.6 Å². The molecular formula is C88H104O8Si4. The highest BCUT2D eigenvalue weighted by atomic mass is 28.5. The lowest BCUT2D eigenvalue weighted by molar-refractivity contribution is 0.103. The van der Waals surface area contributed by atoms with E-state index in [0.717, 1.165) is 175 Å². The summed E-state index contributed by atoms with van der Waals surface area (Å²) in [4.78, 5) is 50.8. The minimum Gasteiger partial charge on any atom is -0.416 e. The molecular weight excluding hydrogens is 1300 g/mol. The summed E-state index contributed by atoms with van der Waals surface area (Å²) >= 11 is 0. The zero-order chi connectivity index (χ0) is 70.1. The molecule has 0 spiro atoms. The van der Waals surface area contributed by atoms with Crippen molar-refractivity contribution in [3.05, 3.63) is 309 Å². The number of rotatable bonds is 40. The van der Waals surface area contributed by atoms with Crippen LogP contribution in [-0.2, 0) is 42.1 Å². The number of benzene rings is 8. The molecule has 8 aromatic rings. The normalized spacial score (nSPS) is 18.8. The van der Waals surface area contributed by atoms with Gasteiger partial charge < -0.3 is 16.5 Å². The molecule has 1 aliphatic heterocycles. The van der Waals surface area contributed by atoms with Crippen LogP contribution in [0.5, 0.6) is 0 Å². The minimum absolute atomic E-state index is 0.00730. The van der Waals surface area contributed by atoms with E-state index in [9.17, 15) is 19.2 Å². The molecule has 0 radical (unpaired) electrons. The number of carbonyl (C=O) groups is 4. The van der Waals surface area contributed by atoms with Crippen LogP contribution >= 0.6 is 0 Å². The van der Waals surface area contributed by atoms with Crippen molar-refractivity contribution in [3.63, 3.8) is 0 Å². The summed E-state index contributed by atoms with van der Waals surface area (Å²) in [5.41, 5.74) is 12.1. The van der Waals surface area contributed by atoms with E-state index in [1.54, 1.807) is 24.3 Å². The van der Waals surface area contributed by atoms with Gasteiger partial charge in [-0.3, -0.25) is 19.2 Å². The van der Waals surface area contributed by atoms with E-state index in [2.05, 4.69) is 123 Å². The van der Waals surface area contributed by atoms with Crippen molar-refractivity contribution in [1.29, 1.82) is 0 Å². The highest BCUT2D eigenvalue weighted by Crippen LogP contribution is 2.40. The van der Waals surface area contributed by atoms with Crippen LogP contribution in [0, 0.1) is 0 Å². The first kappa shape index (κ1) is 76.3. The highest BCUT2D eigenvalue weighted by Gasteiger charge is 2.56. The lowest BCUT2D eigenvalue weighted by atomic mass is 10.0. The lowest BCUT2D eigenvalue weighted by Gasteiger charge is -2.50. The smallest absolute Gasteiger partial charge is 0.317 e. The monoisotopic (exact) mass is 1400 g/mol. The molecule has 0 aliphatic carbocycles. The number of unbranched alkanes of at least 4 members (excludes halogenated alkanes) is 12. The van der Waals surface area contributed by atoms with Crippen molar-refractivity contribution in [2.45, 2.75) is 179 Å². The van der Waals surface area contributed by atoms with Crippen molar-refractivity contribution >= 4 is 81.7 Å². The topological polar surface area (TPSA) is 105 Å². The van der Waals surface area contributed by atoms with Crippen molar-refractivity contribution in [1.82, 2.24) is 0 Å². The van der Waals surface area contributed by atoms with E-state index in [0.29, 0.717) is 22.3 Å². The van der Waals surface area contributed by atoms with Crippen LogP contribution in [0.25, 0.3) is 24.3 Å². The van der Waals surface area contributed by atoms with Crippen molar-refractivity contribution in [2.75, 3.05) is 0 Å². The number of allylic oxidation sites excluding steroid dienone is 4. The fourth-order valence-electron chi connectivity index (χ4n) is 13.5. The van der Waals surface area contributed by atoms with E-state index in [-0.39, 0.29) is 23.1 Å². The maximum absolute atomic E-state index is 12.7. The molecule has 8 aromatic carbocycles. The predicted molar refractivity (Wildman–Crippen MR) is 424 cm³/mol. The second kappa shape index (κ2) is 39.9. The van der Waals surface area contributed by atoms with Crippen LogP contribution in [0.1, 0.15) is 189 Å². The minimum atomic E-state index is -2.84. The Morgan fingerprint density at radius 1 is 0.240 bits per heavy atom. The first-order valence-corrected chi connectivity index (χ1v) is 46.9. The fourth-order valence-corrected chi connectivity index (χ4v) is 37.1. The largest absolute Gasteiger partial charge is 0.416 e. The van der Waals surface area contributed by atoms with Crippen LogP contribution in [-0.4, -0.2) is 57.4 Å². The van der Waals surface area contributed by atoms with Crippen molar-refractivity contribution in [2.24, 2.45) is 0 Å². The fraction of sp³-hybridized carbons (Fsp3) is 0.318. The molecule has 0 aromatic heterocycles. The number of aryl methyl sites for hydroxylation is 4. The standard InChI is InChI=1S/C88H104O8Si4/c1-97(69-29-9-5-17-33-73-45-53-77(54-46-73)61-65-85(89)81-37-21-13-22-38-81)93-98(2,70-30-10-6-18-34-74-47-55-78(56-48-74)62-66-86(90)82-39-23-14-24-40-82)95-100(4,72-32-12-8-20-36-76-51-59-80(60-52-76)64-68-88(92)84-43-27-16-28-44-84)96-99(3,94-97)71-31-11-7-19-35-75-49-57-79(58-50-75)63-67-87(91)83-41-25-15-26-42-83/h13-16,21-28,37-68H,5-12,17-20,29-36,69-72H2,1-4H3. The molecule has 12 heteroatoms. The first-order chi connectivity index (χ1) is 48.6. The van der Waals surface area contributed by atoms with Crippen LogP contribution in [0.2, 0.25) is 50.4 Å². The van der Waals surface area contributed by atoms with Crippen LogP contribution in [0.4, 0.5) is 0 Å². The third kappa shape index (κ3) is 26.6. The van der Waals surface area contributed by atoms with Crippen LogP contribution < -0.4 is 0 Å². The molecule has 1 aliphatic rings. The van der Waals surface area contributed by atoms with Crippen LogP contribution in [0.3, 0.4) is 0 Å². The summed E-state index contributed by atoms with van der Waals surface area (Å²) in [6.45, 7) is 9.36. The highest BCUT2D eigenvalue weighted by molar-refractivity contribution is 6.94. The Balaban J connectivity index is 0.821. The van der Waals surface area contributed by atoms with E-state index in [1.165, 1.54) is 22.3 Å². The Kier molecular flexibility index (Phi) is 30.5. The predicted octanol–water partition coefficient (Wildman–Crippen LogP) is 23.2. The molecule has 0 unspecified atom stereocenters. The number of carbonyl (C=O) groups excluding carboxylic acids is 4. The molecule has 1 saturated heterocycles. The average molecular weight is 1400 g/mol. The molecule has 100 heavy (non-hydrogen) atoms. The Bertz CT molecular complexity index is 3390. The van der Waals surface area contributed by atoms with Gasteiger partial charge in [0.2, 0.25) is 0 Å². The van der Waals surface area contributed by atoms with Crippen LogP contribution in [0.15, 0.2) is 243 Å². The lowest BCUT2D eigenvalue weighted by Crippen LogP contribution is -2.67. The van der Waals surface area contributed by atoms with Gasteiger partial charge >= 0.3 is 34.2 Å². The van der Waals surface area contributed by atoms with Gasteiger partial charge in [-0.2, -0.15) is 0 Å². The van der Waals surface area contributed by atoms with Crippen molar-refractivity contribution in [3.8, 4) is 0 Å². The molecule has 0 amide bonds. The van der Waals surface area contributed by atoms with Gasteiger partial charge in [0.05, 0.1) is 0 Å². The summed E-state index contributed by atoms with van der Waals surface area (Å²) in [6.07, 6.45) is 35.7. The van der Waals surface area contributed by atoms with E-state index in [1.807, 2.05) is 146 Å². The Hall–Kier alpha value is -7.89.